The zero-order chi connectivity index (χ0) is 24.7. The third-order valence-electron chi connectivity index (χ3n) is 6.04. The minimum absolute atomic E-state index is 0.0194. The van der Waals surface area contributed by atoms with Gasteiger partial charge in [-0.25, -0.2) is 9.37 Å². The first-order chi connectivity index (χ1) is 16.7. The van der Waals surface area contributed by atoms with Gasteiger partial charge in [0.05, 0.1) is 30.3 Å². The van der Waals surface area contributed by atoms with Gasteiger partial charge in [0, 0.05) is 29.8 Å². The Morgan fingerprint density at radius 3 is 2.63 bits per heavy atom. The first-order valence-corrected chi connectivity index (χ1v) is 10.8. The Balaban J connectivity index is 1.52. The first-order valence-electron chi connectivity index (χ1n) is 10.8. The van der Waals surface area contributed by atoms with Gasteiger partial charge in [0.25, 0.3) is 0 Å². The molecule has 0 amide bonds. The lowest BCUT2D eigenvalue weighted by Crippen LogP contribution is -2.47. The number of phenolic OH excluding ortho intramolecular Hbond substituents is 2. The number of aromatic nitrogens is 3. The van der Waals surface area contributed by atoms with Gasteiger partial charge in [-0.3, -0.25) is 5.10 Å². The molecule has 35 heavy (non-hydrogen) atoms. The number of anilines is 1. The highest BCUT2D eigenvalue weighted by Gasteiger charge is 2.38. The standard InChI is InChI=1S/C24H20F4N4O3/c25-20-17(24(26,27)28)9-15(22(33)23(20)34)21-16-11-29-19(10-18(16)30-31-21)32-6-7-35-12-14(32)8-13-4-2-1-3-5-13/h1-5,9-11,14,33-34H,6-8,12H2,(H,30,31)/t14-/m1/s1. The molecule has 1 saturated heterocycles. The van der Waals surface area contributed by atoms with Crippen LogP contribution in [0.15, 0.2) is 48.7 Å². The zero-order valence-electron chi connectivity index (χ0n) is 18.2. The number of ether oxygens (including phenoxy) is 1. The molecule has 4 aromatic rings. The van der Waals surface area contributed by atoms with Crippen LogP contribution >= 0.6 is 0 Å². The number of nitrogens with one attached hydrogen (secondary N) is 1. The number of nitrogens with zero attached hydrogens (tertiary/aromatic N) is 3. The Labute approximate surface area is 196 Å². The fourth-order valence-electron chi connectivity index (χ4n) is 4.30. The largest absolute Gasteiger partial charge is 0.504 e. The second-order valence-corrected chi connectivity index (χ2v) is 8.25. The number of rotatable bonds is 4. The van der Waals surface area contributed by atoms with Gasteiger partial charge in [-0.2, -0.15) is 18.3 Å². The summed E-state index contributed by atoms with van der Waals surface area (Å²) in [6.45, 7) is 1.62. The van der Waals surface area contributed by atoms with Crippen molar-refractivity contribution in [1.29, 1.82) is 0 Å². The van der Waals surface area contributed by atoms with Crippen LogP contribution < -0.4 is 4.90 Å². The summed E-state index contributed by atoms with van der Waals surface area (Å²) in [7, 11) is 0. The van der Waals surface area contributed by atoms with Crippen molar-refractivity contribution in [3.05, 3.63) is 65.6 Å². The van der Waals surface area contributed by atoms with Gasteiger partial charge in [-0.15, -0.1) is 0 Å². The number of hydrogen-bond donors (Lipinski definition) is 3. The normalized spacial score (nSPS) is 16.7. The van der Waals surface area contributed by atoms with E-state index in [0.717, 1.165) is 12.0 Å². The van der Waals surface area contributed by atoms with Crippen LogP contribution in [0.4, 0.5) is 23.4 Å². The highest BCUT2D eigenvalue weighted by Crippen LogP contribution is 2.45. The zero-order valence-corrected chi connectivity index (χ0v) is 18.2. The van der Waals surface area contributed by atoms with Crippen molar-refractivity contribution < 1.29 is 32.5 Å². The fourth-order valence-corrected chi connectivity index (χ4v) is 4.30. The number of hydrogen-bond acceptors (Lipinski definition) is 6. The third-order valence-corrected chi connectivity index (χ3v) is 6.04. The Bertz CT molecular complexity index is 1370. The van der Waals surface area contributed by atoms with E-state index < -0.39 is 34.6 Å². The molecule has 0 bridgehead atoms. The number of alkyl halides is 3. The van der Waals surface area contributed by atoms with E-state index in [4.69, 9.17) is 4.74 Å². The number of morpholine rings is 1. The van der Waals surface area contributed by atoms with Gasteiger partial charge in [-0.1, -0.05) is 30.3 Å². The summed E-state index contributed by atoms with van der Waals surface area (Å²) in [5.41, 5.74) is -0.678. The third kappa shape index (κ3) is 4.23. The van der Waals surface area contributed by atoms with E-state index in [1.54, 1.807) is 6.07 Å². The summed E-state index contributed by atoms with van der Waals surface area (Å²) in [6.07, 6.45) is -2.92. The molecule has 1 fully saturated rings. The van der Waals surface area contributed by atoms with Gasteiger partial charge in [0.2, 0.25) is 0 Å². The number of aromatic amines is 1. The molecule has 0 unspecified atom stereocenters. The van der Waals surface area contributed by atoms with Crippen molar-refractivity contribution in [3.63, 3.8) is 0 Å². The number of pyridine rings is 1. The average molecular weight is 488 g/mol. The Morgan fingerprint density at radius 1 is 1.11 bits per heavy atom. The second-order valence-electron chi connectivity index (χ2n) is 8.25. The fraction of sp³-hybridized carbons (Fsp3) is 0.250. The molecule has 3 N–H and O–H groups in total. The molecule has 1 aliphatic rings. The van der Waals surface area contributed by atoms with Crippen LogP contribution in [0.5, 0.6) is 11.5 Å². The van der Waals surface area contributed by atoms with Crippen LogP contribution in [0.2, 0.25) is 0 Å². The molecule has 0 saturated carbocycles. The lowest BCUT2D eigenvalue weighted by atomic mass is 10.0. The monoisotopic (exact) mass is 488 g/mol. The molecule has 0 aliphatic carbocycles. The molecule has 3 heterocycles. The highest BCUT2D eigenvalue weighted by molar-refractivity contribution is 5.95. The predicted molar refractivity (Wildman–Crippen MR) is 120 cm³/mol. The van der Waals surface area contributed by atoms with Crippen molar-refractivity contribution in [2.45, 2.75) is 18.6 Å². The SMILES string of the molecule is Oc1c(-c2n[nH]c3cc(N4CCOC[C@H]4Cc4ccccc4)ncc23)cc(C(F)(F)F)c(F)c1O. The molecule has 5 rings (SSSR count). The second kappa shape index (κ2) is 8.73. The van der Waals surface area contributed by atoms with Gasteiger partial charge in [-0.05, 0) is 18.1 Å². The summed E-state index contributed by atoms with van der Waals surface area (Å²) in [6, 6.07) is 12.1. The topological polar surface area (TPSA) is 94.5 Å². The van der Waals surface area contributed by atoms with E-state index in [9.17, 15) is 27.8 Å². The minimum atomic E-state index is -5.08. The summed E-state index contributed by atoms with van der Waals surface area (Å²) >= 11 is 0. The minimum Gasteiger partial charge on any atom is -0.504 e. The van der Waals surface area contributed by atoms with E-state index >= 15 is 0 Å². The number of benzene rings is 2. The molecule has 0 radical (unpaired) electrons. The van der Waals surface area contributed by atoms with Gasteiger partial charge in [0.15, 0.2) is 17.3 Å². The van der Waals surface area contributed by atoms with Crippen LogP contribution in [0.1, 0.15) is 11.1 Å². The Kier molecular flexibility index (Phi) is 5.72. The van der Waals surface area contributed by atoms with E-state index in [1.165, 1.54) is 6.20 Å². The van der Waals surface area contributed by atoms with Crippen molar-refractivity contribution in [2.75, 3.05) is 24.7 Å². The molecule has 2 aromatic heterocycles. The molecule has 0 spiro atoms. The molecule has 182 valence electrons. The molecule has 7 nitrogen and oxygen atoms in total. The van der Waals surface area contributed by atoms with Crippen LogP contribution in [0.25, 0.3) is 22.2 Å². The van der Waals surface area contributed by atoms with Gasteiger partial charge in [0.1, 0.15) is 11.5 Å². The van der Waals surface area contributed by atoms with Gasteiger partial charge < -0.3 is 19.8 Å². The summed E-state index contributed by atoms with van der Waals surface area (Å²) in [5, 5.41) is 27.0. The first kappa shape index (κ1) is 22.9. The van der Waals surface area contributed by atoms with Crippen LogP contribution in [-0.4, -0.2) is 51.2 Å². The Morgan fingerprint density at radius 2 is 1.89 bits per heavy atom. The van der Waals surface area contributed by atoms with Crippen LogP contribution in [0, 0.1) is 5.82 Å². The van der Waals surface area contributed by atoms with Crippen LogP contribution in [0.3, 0.4) is 0 Å². The molecule has 1 aliphatic heterocycles. The Hall–Kier alpha value is -3.86. The highest BCUT2D eigenvalue weighted by atomic mass is 19.4. The van der Waals surface area contributed by atoms with Gasteiger partial charge >= 0.3 is 6.18 Å². The molecular formula is C24H20F4N4O3. The lowest BCUT2D eigenvalue weighted by molar-refractivity contribution is -0.140. The van der Waals surface area contributed by atoms with Crippen molar-refractivity contribution in [3.8, 4) is 22.8 Å². The molecule has 2 aromatic carbocycles. The number of phenols is 2. The van der Waals surface area contributed by atoms with Crippen molar-refractivity contribution in [2.24, 2.45) is 0 Å². The number of aromatic hydroxyl groups is 2. The summed E-state index contributed by atoms with van der Waals surface area (Å²) in [4.78, 5) is 6.59. The maximum absolute atomic E-state index is 14.0. The van der Waals surface area contributed by atoms with E-state index in [2.05, 4.69) is 20.1 Å². The number of halogens is 4. The smallest absolute Gasteiger partial charge is 0.419 e. The van der Waals surface area contributed by atoms with E-state index in [0.29, 0.717) is 42.5 Å². The van der Waals surface area contributed by atoms with E-state index in [1.807, 2.05) is 30.3 Å². The molecular weight excluding hydrogens is 468 g/mol. The predicted octanol–water partition coefficient (Wildman–Crippen LogP) is 4.64. The lowest BCUT2D eigenvalue weighted by Gasteiger charge is -2.36. The average Bonchev–Trinajstić information content (AvgIpc) is 3.26. The maximum Gasteiger partial charge on any atom is 0.419 e. The molecule has 11 heteroatoms. The molecule has 1 atom stereocenters. The van der Waals surface area contributed by atoms with Crippen LogP contribution in [-0.2, 0) is 17.3 Å². The quantitative estimate of drug-likeness (QED) is 0.286. The van der Waals surface area contributed by atoms with Crippen molar-refractivity contribution >= 4 is 16.7 Å². The summed E-state index contributed by atoms with van der Waals surface area (Å²) < 4.78 is 59.4. The number of fused-ring (bicyclic) bond motifs is 1. The van der Waals surface area contributed by atoms with E-state index in [-0.39, 0.29) is 11.7 Å². The number of H-pyrrole nitrogens is 1. The summed E-state index contributed by atoms with van der Waals surface area (Å²) in [5.74, 6) is -3.86. The van der Waals surface area contributed by atoms with Crippen molar-refractivity contribution in [1.82, 2.24) is 15.2 Å². The maximum atomic E-state index is 14.0.